The second kappa shape index (κ2) is 12.9. The normalized spacial score (nSPS) is 12.2. The fraction of sp³-hybridized carbons (Fsp3) is 0.310. The Labute approximate surface area is 230 Å². The molecule has 1 N–H and O–H groups in total. The van der Waals surface area contributed by atoms with Crippen LogP contribution in [0.25, 0.3) is 0 Å². The summed E-state index contributed by atoms with van der Waals surface area (Å²) in [6.45, 7) is 3.66. The number of sulfonamides is 1. The lowest BCUT2D eigenvalue weighted by atomic mass is 10.0. The molecule has 3 aromatic rings. The van der Waals surface area contributed by atoms with E-state index in [-0.39, 0.29) is 24.8 Å². The molecule has 2 amide bonds. The zero-order valence-corrected chi connectivity index (χ0v) is 23.7. The Kier molecular flexibility index (Phi) is 9.94. The summed E-state index contributed by atoms with van der Waals surface area (Å²) in [6, 6.07) is 22.7. The number of halogens is 1. The second-order valence-electron chi connectivity index (χ2n) is 9.45. The minimum Gasteiger partial charge on any atom is -0.357 e. The van der Waals surface area contributed by atoms with Crippen LogP contribution in [0.3, 0.4) is 0 Å². The van der Waals surface area contributed by atoms with Crippen LogP contribution in [0.5, 0.6) is 0 Å². The maximum absolute atomic E-state index is 13.9. The van der Waals surface area contributed by atoms with E-state index in [1.807, 2.05) is 56.3 Å². The number of benzene rings is 3. The molecule has 202 valence electrons. The van der Waals surface area contributed by atoms with Gasteiger partial charge in [0.25, 0.3) is 0 Å². The molecule has 0 radical (unpaired) electrons. The van der Waals surface area contributed by atoms with Gasteiger partial charge in [-0.25, -0.2) is 8.42 Å². The first kappa shape index (κ1) is 29.2. The molecule has 0 fully saturated rings. The summed E-state index contributed by atoms with van der Waals surface area (Å²) < 4.78 is 26.7. The van der Waals surface area contributed by atoms with Crippen LogP contribution in [0.4, 0.5) is 5.69 Å². The molecule has 9 heteroatoms. The maximum Gasteiger partial charge on any atom is 0.244 e. The van der Waals surface area contributed by atoms with Crippen molar-refractivity contribution in [2.75, 3.05) is 24.2 Å². The Morgan fingerprint density at radius 2 is 1.53 bits per heavy atom. The minimum atomic E-state index is -3.81. The standard InChI is InChI=1S/C29H34ClN3O4S/c1-21(2)23-14-16-25(17-15-23)33(38(4,36)37)20-28(34)32(19-24-12-8-9-13-26(24)30)27(29(35)31-3)18-22-10-6-5-7-11-22/h5-17,21,27H,18-20H2,1-4H3,(H,31,35). The number of rotatable bonds is 11. The van der Waals surface area contributed by atoms with Crippen LogP contribution in [0.1, 0.15) is 36.5 Å². The molecule has 0 aliphatic carbocycles. The smallest absolute Gasteiger partial charge is 0.244 e. The molecule has 38 heavy (non-hydrogen) atoms. The molecule has 1 atom stereocenters. The zero-order chi connectivity index (χ0) is 27.9. The Hall–Kier alpha value is -3.36. The third-order valence-electron chi connectivity index (χ3n) is 6.34. The summed E-state index contributed by atoms with van der Waals surface area (Å²) >= 11 is 6.42. The fourth-order valence-corrected chi connectivity index (χ4v) is 5.22. The molecule has 0 aliphatic rings. The second-order valence-corrected chi connectivity index (χ2v) is 11.8. The third-order valence-corrected chi connectivity index (χ3v) is 7.85. The highest BCUT2D eigenvalue weighted by molar-refractivity contribution is 7.92. The van der Waals surface area contributed by atoms with Crippen molar-refractivity contribution in [2.45, 2.75) is 38.8 Å². The Morgan fingerprint density at radius 3 is 2.08 bits per heavy atom. The van der Waals surface area contributed by atoms with E-state index >= 15 is 0 Å². The number of nitrogens with zero attached hydrogens (tertiary/aromatic N) is 2. The van der Waals surface area contributed by atoms with E-state index in [9.17, 15) is 18.0 Å². The molecular weight excluding hydrogens is 522 g/mol. The lowest BCUT2D eigenvalue weighted by molar-refractivity contribution is -0.139. The highest BCUT2D eigenvalue weighted by atomic mass is 35.5. The lowest BCUT2D eigenvalue weighted by Crippen LogP contribution is -2.52. The van der Waals surface area contributed by atoms with Gasteiger partial charge in [-0.05, 0) is 40.8 Å². The van der Waals surface area contributed by atoms with Crippen molar-refractivity contribution < 1.29 is 18.0 Å². The molecule has 0 aromatic heterocycles. The SMILES string of the molecule is CNC(=O)C(Cc1ccccc1)N(Cc1ccccc1Cl)C(=O)CN(c1ccc(C(C)C)cc1)S(C)(=O)=O. The van der Waals surface area contributed by atoms with E-state index < -0.39 is 28.5 Å². The van der Waals surface area contributed by atoms with Crippen LogP contribution in [0.2, 0.25) is 5.02 Å². The van der Waals surface area contributed by atoms with Gasteiger partial charge in [0.05, 0.1) is 11.9 Å². The highest BCUT2D eigenvalue weighted by Gasteiger charge is 2.33. The predicted molar refractivity (Wildman–Crippen MR) is 153 cm³/mol. The number of nitrogens with one attached hydrogen (secondary N) is 1. The topological polar surface area (TPSA) is 86.8 Å². The van der Waals surface area contributed by atoms with E-state index in [0.29, 0.717) is 16.3 Å². The summed E-state index contributed by atoms with van der Waals surface area (Å²) in [5, 5.41) is 3.10. The van der Waals surface area contributed by atoms with Gasteiger partial charge in [0, 0.05) is 25.0 Å². The molecule has 0 aliphatic heterocycles. The van der Waals surface area contributed by atoms with Crippen LogP contribution in [-0.2, 0) is 32.6 Å². The van der Waals surface area contributed by atoms with Crippen molar-refractivity contribution in [1.29, 1.82) is 0 Å². The van der Waals surface area contributed by atoms with Crippen molar-refractivity contribution in [3.05, 3.63) is 101 Å². The minimum absolute atomic E-state index is 0.0350. The molecular formula is C29H34ClN3O4S. The van der Waals surface area contributed by atoms with Gasteiger partial charge in [-0.2, -0.15) is 0 Å². The largest absolute Gasteiger partial charge is 0.357 e. The molecule has 1 unspecified atom stereocenters. The van der Waals surface area contributed by atoms with E-state index in [2.05, 4.69) is 5.32 Å². The number of amides is 2. The summed E-state index contributed by atoms with van der Waals surface area (Å²) in [5.41, 5.74) is 2.94. The molecule has 0 heterocycles. The van der Waals surface area contributed by atoms with Crippen molar-refractivity contribution in [2.24, 2.45) is 0 Å². The van der Waals surface area contributed by atoms with Gasteiger partial charge in [0.15, 0.2) is 0 Å². The Balaban J connectivity index is 2.02. The van der Waals surface area contributed by atoms with E-state index in [1.165, 1.54) is 11.9 Å². The van der Waals surface area contributed by atoms with E-state index in [1.54, 1.807) is 36.4 Å². The highest BCUT2D eigenvalue weighted by Crippen LogP contribution is 2.24. The predicted octanol–water partition coefficient (Wildman–Crippen LogP) is 4.62. The van der Waals surface area contributed by atoms with Gasteiger partial charge in [0.2, 0.25) is 21.8 Å². The van der Waals surface area contributed by atoms with Crippen LogP contribution >= 0.6 is 11.6 Å². The van der Waals surface area contributed by atoms with Gasteiger partial charge < -0.3 is 10.2 Å². The van der Waals surface area contributed by atoms with E-state index in [4.69, 9.17) is 11.6 Å². The molecule has 3 rings (SSSR count). The van der Waals surface area contributed by atoms with Gasteiger partial charge in [-0.3, -0.25) is 13.9 Å². The maximum atomic E-state index is 13.9. The van der Waals surface area contributed by atoms with Crippen LogP contribution in [-0.4, -0.2) is 51.0 Å². The third kappa shape index (κ3) is 7.58. The molecule has 0 saturated carbocycles. The van der Waals surface area contributed by atoms with Crippen molar-refractivity contribution in [3.63, 3.8) is 0 Å². The Bertz CT molecular complexity index is 1350. The monoisotopic (exact) mass is 555 g/mol. The summed E-state index contributed by atoms with van der Waals surface area (Å²) in [6.07, 6.45) is 1.31. The molecule has 0 bridgehead atoms. The fourth-order valence-electron chi connectivity index (χ4n) is 4.17. The molecule has 0 spiro atoms. The van der Waals surface area contributed by atoms with Crippen LogP contribution in [0, 0.1) is 0 Å². The summed E-state index contributed by atoms with van der Waals surface area (Å²) in [7, 11) is -2.30. The first-order valence-electron chi connectivity index (χ1n) is 12.4. The molecule has 0 saturated heterocycles. The van der Waals surface area contributed by atoms with Gasteiger partial charge in [-0.1, -0.05) is 86.1 Å². The average Bonchev–Trinajstić information content (AvgIpc) is 2.89. The van der Waals surface area contributed by atoms with Gasteiger partial charge in [-0.15, -0.1) is 0 Å². The van der Waals surface area contributed by atoms with Crippen molar-refractivity contribution in [1.82, 2.24) is 10.2 Å². The van der Waals surface area contributed by atoms with E-state index in [0.717, 1.165) is 21.7 Å². The van der Waals surface area contributed by atoms with Crippen molar-refractivity contribution in [3.8, 4) is 0 Å². The zero-order valence-electron chi connectivity index (χ0n) is 22.1. The number of likely N-dealkylation sites (N-methyl/N-ethyl adjacent to an activating group) is 1. The molecule has 3 aromatic carbocycles. The number of carbonyl (C=O) groups is 2. The number of hydrogen-bond donors (Lipinski definition) is 1. The Morgan fingerprint density at radius 1 is 0.921 bits per heavy atom. The lowest BCUT2D eigenvalue weighted by Gasteiger charge is -2.33. The van der Waals surface area contributed by atoms with Gasteiger partial charge >= 0.3 is 0 Å². The van der Waals surface area contributed by atoms with Crippen LogP contribution < -0.4 is 9.62 Å². The van der Waals surface area contributed by atoms with Crippen LogP contribution in [0.15, 0.2) is 78.9 Å². The number of anilines is 1. The summed E-state index contributed by atoms with van der Waals surface area (Å²) in [4.78, 5) is 28.4. The van der Waals surface area contributed by atoms with Crippen molar-refractivity contribution >= 4 is 39.1 Å². The quantitative estimate of drug-likeness (QED) is 0.374. The summed E-state index contributed by atoms with van der Waals surface area (Å²) in [5.74, 6) is -0.607. The average molecular weight is 556 g/mol. The number of hydrogen-bond acceptors (Lipinski definition) is 4. The molecule has 7 nitrogen and oxygen atoms in total. The first-order chi connectivity index (χ1) is 18.0. The number of carbonyl (C=O) groups excluding carboxylic acids is 2. The first-order valence-corrected chi connectivity index (χ1v) is 14.6. The van der Waals surface area contributed by atoms with Gasteiger partial charge in [0.1, 0.15) is 12.6 Å².